The van der Waals surface area contributed by atoms with Crippen LogP contribution in [0.15, 0.2) is 0 Å². The quantitative estimate of drug-likeness (QED) is 0.187. The van der Waals surface area contributed by atoms with Crippen molar-refractivity contribution in [2.75, 3.05) is 40.1 Å². The zero-order chi connectivity index (χ0) is 29.4. The summed E-state index contributed by atoms with van der Waals surface area (Å²) in [5.74, 6) is 0.329. The molecule has 0 N–H and O–H groups in total. The fourth-order valence-electron chi connectivity index (χ4n) is 0.496. The molecule has 0 aliphatic heterocycles. The summed E-state index contributed by atoms with van der Waals surface area (Å²) in [6.07, 6.45) is 5.33. The Morgan fingerprint density at radius 1 is 0.500 bits per heavy atom. The largest absolute Gasteiger partial charge is 1.00 e. The van der Waals surface area contributed by atoms with Crippen LogP contribution in [0, 0.1) is 5.92 Å². The second-order valence-corrected chi connectivity index (χ2v) is 8.18. The Hall–Kier alpha value is 7.68. The molecular weight excluding hydrogens is 624 g/mol. The van der Waals surface area contributed by atoms with Gasteiger partial charge in [-0.25, -0.2) is 0 Å². The third-order valence-corrected chi connectivity index (χ3v) is 1.78. The third kappa shape index (κ3) is 423. The molecule has 0 saturated heterocycles. The zero-order valence-electron chi connectivity index (χ0n) is 32.7. The maximum Gasteiger partial charge on any atom is 1.00 e. The molecule has 0 fully saturated rings. The van der Waals surface area contributed by atoms with Gasteiger partial charge in [-0.15, -0.1) is 44.7 Å². The Balaban J connectivity index is -0.0000000130. The maximum absolute atomic E-state index is 10.1. The van der Waals surface area contributed by atoms with E-state index in [0.29, 0.717) is 5.92 Å². The average molecular weight is 685 g/mol. The van der Waals surface area contributed by atoms with Crippen molar-refractivity contribution < 1.29 is 277 Å². The van der Waals surface area contributed by atoms with E-state index >= 15 is 0 Å². The fourth-order valence-corrected chi connectivity index (χ4v) is 0.496. The predicted octanol–water partition coefficient (Wildman–Crippen LogP) is -25.3. The van der Waals surface area contributed by atoms with Crippen molar-refractivity contribution in [3.05, 3.63) is 0 Å². The van der Waals surface area contributed by atoms with Crippen LogP contribution in [0.5, 0.6) is 0 Å². The van der Waals surface area contributed by atoms with Gasteiger partial charge >= 0.3 is 236 Å². The first kappa shape index (κ1) is 104. The topological polar surface area (TPSA) is 184 Å². The van der Waals surface area contributed by atoms with E-state index in [0.717, 1.165) is 45.6 Å². The minimum absolute atomic E-state index is 0. The van der Waals surface area contributed by atoms with E-state index in [1.54, 1.807) is 41.5 Å². The second-order valence-electron chi connectivity index (χ2n) is 8.18. The van der Waals surface area contributed by atoms with Gasteiger partial charge < -0.3 is 40.9 Å². The smallest absolute Gasteiger partial charge is 0.857 e. The van der Waals surface area contributed by atoms with Crippen molar-refractivity contribution in [1.29, 1.82) is 0 Å². The molecule has 0 spiro atoms. The third-order valence-electron chi connectivity index (χ3n) is 1.78. The second kappa shape index (κ2) is 118. The summed E-state index contributed by atoms with van der Waals surface area (Å²) in [7, 11) is 0.750. The van der Waals surface area contributed by atoms with Gasteiger partial charge in [0.25, 0.3) is 0 Å². The molecule has 0 atom stereocenters. The summed E-state index contributed by atoms with van der Waals surface area (Å²) < 4.78 is 0. The summed E-state index contributed by atoms with van der Waals surface area (Å²) in [6, 6.07) is 0. The van der Waals surface area contributed by atoms with Gasteiger partial charge in [-0.3, -0.25) is 0 Å². The van der Waals surface area contributed by atoms with Crippen molar-refractivity contribution in [1.82, 2.24) is 0 Å². The van der Waals surface area contributed by atoms with E-state index in [2.05, 4.69) is 6.92 Å². The Morgan fingerprint density at radius 3 is 0.690 bits per heavy atom. The van der Waals surface area contributed by atoms with Crippen molar-refractivity contribution >= 4 is 0 Å². The molecule has 0 aromatic rings. The van der Waals surface area contributed by atoms with Crippen LogP contribution in [-0.4, -0.2) is 51.8 Å². The van der Waals surface area contributed by atoms with Crippen LogP contribution in [0.25, 0.3) is 0 Å². The number of unbranched alkanes of at least 4 members (excludes halogenated alkanes) is 3. The van der Waals surface area contributed by atoms with Gasteiger partial charge in [0.2, 0.25) is 0 Å². The van der Waals surface area contributed by atoms with Crippen LogP contribution >= 0.6 is 0 Å². The van der Waals surface area contributed by atoms with Crippen molar-refractivity contribution in [2.45, 2.75) is 126 Å². The molecule has 0 aromatic heterocycles. The molecule has 0 rings (SSSR count). The molecule has 0 radical (unpaired) electrons. The summed E-state index contributed by atoms with van der Waals surface area (Å²) in [6.45, 7) is 19.8. The van der Waals surface area contributed by atoms with Gasteiger partial charge in [0.05, 0.1) is 0 Å². The molecule has 0 aliphatic rings. The number of rotatable bonds is 7. The van der Waals surface area contributed by atoms with Crippen LogP contribution in [-0.2, 0) is 0 Å². The Bertz CT molecular complexity index is 234. The molecule has 16 heteroatoms. The number of hydrogen-bond acceptors (Lipinski definition) is 8. The fraction of sp³-hybridized carbons (Fsp3) is 1.00. The first-order chi connectivity index (χ1) is 15.7. The molecule has 0 aliphatic carbocycles. The monoisotopic (exact) mass is 684 g/mol. The Kier molecular flexibility index (Phi) is 291. The maximum atomic E-state index is 10.1. The first-order valence-electron chi connectivity index (χ1n) is 12.3. The summed E-state index contributed by atoms with van der Waals surface area (Å²) in [5, 5.41) is 75.0. The van der Waals surface area contributed by atoms with E-state index < -0.39 is 11.7 Å². The van der Waals surface area contributed by atoms with Gasteiger partial charge in [0.15, 0.2) is 0 Å². The van der Waals surface area contributed by atoms with E-state index in [-0.39, 0.29) is 269 Å². The summed E-state index contributed by atoms with van der Waals surface area (Å²) >= 11 is 0. The van der Waals surface area contributed by atoms with Crippen LogP contribution < -0.4 is 277 Å². The molecule has 0 amide bonds. The van der Waals surface area contributed by atoms with Gasteiger partial charge in [-0.1, -0.05) is 121 Å². The molecule has 0 aromatic carbocycles. The van der Waals surface area contributed by atoms with E-state index in [1.165, 1.54) is 0 Å². The van der Waals surface area contributed by atoms with Crippen LogP contribution in [0.2, 0.25) is 0 Å². The minimum Gasteiger partial charge on any atom is -0.857 e. The van der Waals surface area contributed by atoms with E-state index in [1.807, 2.05) is 27.7 Å². The van der Waals surface area contributed by atoms with Crippen LogP contribution in [0.3, 0.4) is 0 Å². The van der Waals surface area contributed by atoms with E-state index in [4.69, 9.17) is 10.2 Å². The average Bonchev–Trinajstić information content (AvgIpc) is 2.74. The molecule has 0 unspecified atom stereocenters. The van der Waals surface area contributed by atoms with Crippen molar-refractivity contribution in [2.24, 2.45) is 5.92 Å². The normalized spacial score (nSPS) is 7.00. The minimum atomic E-state index is -0.750. The molecule has 0 saturated carbocycles. The van der Waals surface area contributed by atoms with E-state index in [9.17, 15) is 30.6 Å². The Labute approximate surface area is 441 Å². The van der Waals surface area contributed by atoms with Crippen LogP contribution in [0.4, 0.5) is 0 Å². The molecular formula is C26H60Na8O8. The molecule has 8 nitrogen and oxygen atoms in total. The molecule has 42 heavy (non-hydrogen) atoms. The zero-order valence-corrected chi connectivity index (χ0v) is 48.7. The molecule has 220 valence electrons. The predicted molar refractivity (Wildman–Crippen MR) is 130 cm³/mol. The SMILES string of the molecule is CC(C)(C)[O-].CC(C)C[O-].CC(C)[O-].CCCCC[O-].CCCC[O-].CCC[O-].CC[O-].C[O-].[Na+].[Na+].[Na+].[Na+].[Na+].[Na+].[Na+].[Na+]. The molecule has 0 bridgehead atoms. The van der Waals surface area contributed by atoms with Gasteiger partial charge in [0.1, 0.15) is 0 Å². The van der Waals surface area contributed by atoms with Crippen LogP contribution in [0.1, 0.15) is 115 Å². The van der Waals surface area contributed by atoms with Gasteiger partial charge in [0, 0.05) is 0 Å². The summed E-state index contributed by atoms with van der Waals surface area (Å²) in [5.41, 5.74) is -0.750. The van der Waals surface area contributed by atoms with Gasteiger partial charge in [-0.05, 0) is 0 Å². The van der Waals surface area contributed by atoms with Crippen molar-refractivity contribution in [3.63, 3.8) is 0 Å². The first-order valence-corrected chi connectivity index (χ1v) is 12.3. The standard InChI is InChI=1S/C5H11O.3C4H9O.2C3H7O.C2H5O.CH3O.8Na/c1-2-3-4-5-6;1-4(2,3)5;1-4(2)3-5;1-2-3-4-5;1-3(2)4;1-2-3-4;1-2-3;1-2;;;;;;;;/h2-5H2,1H3;1-3H3;4H,3H2,1-2H3;2-4H2,1H3;3H,1-2H3;2-3H2,1H3;2H2,1H3;1H3;;;;;;;;/q8*-1;8*+1. The van der Waals surface area contributed by atoms with Gasteiger partial charge in [-0.2, -0.15) is 7.11 Å². The molecule has 0 heterocycles. The Morgan fingerprint density at radius 2 is 0.667 bits per heavy atom. The summed E-state index contributed by atoms with van der Waals surface area (Å²) in [4.78, 5) is 0. The van der Waals surface area contributed by atoms with Crippen molar-refractivity contribution in [3.8, 4) is 0 Å². The number of hydrogen-bond donors (Lipinski definition) is 0.